The molecule has 6 N–H and O–H groups in total. The van der Waals surface area contributed by atoms with E-state index in [-0.39, 0.29) is 29.7 Å². The van der Waals surface area contributed by atoms with Crippen molar-refractivity contribution in [2.24, 2.45) is 17.6 Å². The molecule has 0 aromatic carbocycles. The third kappa shape index (κ3) is 7.93. The summed E-state index contributed by atoms with van der Waals surface area (Å²) in [5, 5.41) is 37.9. The summed E-state index contributed by atoms with van der Waals surface area (Å²) >= 11 is 0. The van der Waals surface area contributed by atoms with E-state index in [1.807, 2.05) is 43.9 Å². The maximum absolute atomic E-state index is 10.6. The standard InChI is InChI=1S/C22H37BN2O5/c1-15(2)21(9-4-16(3)10-11-23(28)29)30-19-13-25(14-19)22(27)20(24)12-17-5-7-18(26)8-6-17/h4-5,7-9,16-17,19-20,22,26-29H,6,10-14,24H2,1-3H3/b9-4-. The van der Waals surface area contributed by atoms with Crippen LogP contribution in [0.4, 0.5) is 0 Å². The van der Waals surface area contributed by atoms with Crippen LogP contribution in [0.15, 0.2) is 47.5 Å². The highest BCUT2D eigenvalue weighted by Gasteiger charge is 2.36. The number of rotatable bonds is 11. The number of nitrogens with zero attached hydrogens (tertiary/aromatic N) is 1. The molecule has 0 radical (unpaired) electrons. The van der Waals surface area contributed by atoms with E-state index < -0.39 is 13.3 Å². The quantitative estimate of drug-likeness (QED) is 0.197. The van der Waals surface area contributed by atoms with Gasteiger partial charge in [0.1, 0.15) is 23.9 Å². The molecule has 0 aromatic rings. The van der Waals surface area contributed by atoms with Crippen molar-refractivity contribution in [3.8, 4) is 0 Å². The molecule has 8 heteroatoms. The highest BCUT2D eigenvalue weighted by atomic mass is 16.5. The SMILES string of the molecule is CC(C)=C(/C=C\C(C)CCB(O)O)OC1CN(C(O)C(N)CC2C=CC(O)=CC2)C1. The van der Waals surface area contributed by atoms with Gasteiger partial charge in [0, 0.05) is 19.1 Å². The molecule has 0 saturated carbocycles. The van der Waals surface area contributed by atoms with E-state index in [1.165, 1.54) is 0 Å². The monoisotopic (exact) mass is 420 g/mol. The molecule has 2 aliphatic rings. The Labute approximate surface area is 180 Å². The largest absolute Gasteiger partial charge is 0.508 e. The first-order valence-corrected chi connectivity index (χ1v) is 10.8. The Bertz CT molecular complexity index is 666. The molecule has 2 rings (SSSR count). The van der Waals surface area contributed by atoms with Crippen LogP contribution in [-0.4, -0.2) is 63.7 Å². The van der Waals surface area contributed by atoms with Gasteiger partial charge in [-0.3, -0.25) is 4.90 Å². The number of aliphatic hydroxyl groups is 2. The van der Waals surface area contributed by atoms with Gasteiger partial charge in [0.05, 0.1) is 0 Å². The van der Waals surface area contributed by atoms with Crippen molar-refractivity contribution in [1.82, 2.24) is 4.90 Å². The zero-order valence-electron chi connectivity index (χ0n) is 18.3. The number of ether oxygens (including phenoxy) is 1. The topological polar surface area (TPSA) is 119 Å². The molecule has 1 aliphatic carbocycles. The second-order valence-electron chi connectivity index (χ2n) is 8.75. The summed E-state index contributed by atoms with van der Waals surface area (Å²) in [6.45, 7) is 7.25. The number of hydrogen-bond acceptors (Lipinski definition) is 7. The van der Waals surface area contributed by atoms with Crippen LogP contribution < -0.4 is 5.73 Å². The Morgan fingerprint density at radius 1 is 1.37 bits per heavy atom. The zero-order valence-corrected chi connectivity index (χ0v) is 18.3. The molecule has 168 valence electrons. The highest BCUT2D eigenvalue weighted by molar-refractivity contribution is 6.40. The molecular formula is C22H37BN2O5. The molecule has 30 heavy (non-hydrogen) atoms. The van der Waals surface area contributed by atoms with E-state index in [9.17, 15) is 10.2 Å². The van der Waals surface area contributed by atoms with Gasteiger partial charge < -0.3 is 30.7 Å². The van der Waals surface area contributed by atoms with Gasteiger partial charge in [-0.25, -0.2) is 0 Å². The lowest BCUT2D eigenvalue weighted by atomic mass is 9.81. The average Bonchev–Trinajstić information content (AvgIpc) is 2.65. The summed E-state index contributed by atoms with van der Waals surface area (Å²) in [7, 11) is -1.27. The fourth-order valence-electron chi connectivity index (χ4n) is 3.59. The summed E-state index contributed by atoms with van der Waals surface area (Å²) in [5.74, 6) is 1.55. The van der Waals surface area contributed by atoms with E-state index in [2.05, 4.69) is 0 Å². The summed E-state index contributed by atoms with van der Waals surface area (Å²) in [6.07, 6.45) is 11.1. The van der Waals surface area contributed by atoms with Gasteiger partial charge in [-0.05, 0) is 75.1 Å². The Morgan fingerprint density at radius 3 is 2.63 bits per heavy atom. The smallest absolute Gasteiger partial charge is 0.451 e. The first kappa shape index (κ1) is 24.7. The maximum Gasteiger partial charge on any atom is 0.451 e. The van der Waals surface area contributed by atoms with Crippen LogP contribution in [-0.2, 0) is 4.74 Å². The molecule has 1 aliphatic heterocycles. The third-order valence-electron chi connectivity index (χ3n) is 5.62. The molecule has 0 bridgehead atoms. The fraction of sp³-hybridized carbons (Fsp3) is 0.636. The van der Waals surface area contributed by atoms with E-state index in [0.717, 1.165) is 17.8 Å². The van der Waals surface area contributed by atoms with Crippen LogP contribution in [0.5, 0.6) is 0 Å². The van der Waals surface area contributed by atoms with Gasteiger partial charge in [-0.1, -0.05) is 19.1 Å². The molecule has 1 fully saturated rings. The molecule has 4 atom stereocenters. The van der Waals surface area contributed by atoms with Crippen LogP contribution in [0.3, 0.4) is 0 Å². The first-order valence-electron chi connectivity index (χ1n) is 10.8. The molecule has 1 heterocycles. The Morgan fingerprint density at radius 2 is 2.07 bits per heavy atom. The van der Waals surface area contributed by atoms with Crippen molar-refractivity contribution < 1.29 is 25.0 Å². The molecule has 7 nitrogen and oxygen atoms in total. The van der Waals surface area contributed by atoms with Crippen LogP contribution in [0.2, 0.25) is 6.32 Å². The zero-order chi connectivity index (χ0) is 22.3. The van der Waals surface area contributed by atoms with Gasteiger partial charge in [-0.2, -0.15) is 0 Å². The van der Waals surface area contributed by atoms with Gasteiger partial charge in [0.25, 0.3) is 0 Å². The van der Waals surface area contributed by atoms with Gasteiger partial charge in [0.2, 0.25) is 0 Å². The fourth-order valence-corrected chi connectivity index (χ4v) is 3.59. The number of likely N-dealkylation sites (tertiary alicyclic amines) is 1. The van der Waals surface area contributed by atoms with E-state index in [4.69, 9.17) is 20.5 Å². The third-order valence-corrected chi connectivity index (χ3v) is 5.62. The van der Waals surface area contributed by atoms with Gasteiger partial charge in [-0.15, -0.1) is 0 Å². The second-order valence-corrected chi connectivity index (χ2v) is 8.75. The van der Waals surface area contributed by atoms with E-state index in [1.54, 1.807) is 12.2 Å². The number of hydrogen-bond donors (Lipinski definition) is 5. The predicted molar refractivity (Wildman–Crippen MR) is 119 cm³/mol. The average molecular weight is 420 g/mol. The summed E-state index contributed by atoms with van der Waals surface area (Å²) in [5.41, 5.74) is 7.28. The predicted octanol–water partition coefficient (Wildman–Crippen LogP) is 2.09. The van der Waals surface area contributed by atoms with Crippen LogP contribution in [0.1, 0.15) is 40.0 Å². The van der Waals surface area contributed by atoms with E-state index >= 15 is 0 Å². The minimum absolute atomic E-state index is 0.00502. The highest BCUT2D eigenvalue weighted by Crippen LogP contribution is 2.25. The molecule has 0 amide bonds. The van der Waals surface area contributed by atoms with Crippen molar-refractivity contribution in [2.75, 3.05) is 13.1 Å². The van der Waals surface area contributed by atoms with Crippen molar-refractivity contribution in [2.45, 2.75) is 64.7 Å². The molecular weight excluding hydrogens is 383 g/mol. The Balaban J connectivity index is 1.76. The van der Waals surface area contributed by atoms with Gasteiger partial charge in [0.15, 0.2) is 0 Å². The Kier molecular flexibility index (Phi) is 9.65. The number of aliphatic hydroxyl groups excluding tert-OH is 2. The summed E-state index contributed by atoms with van der Waals surface area (Å²) in [6, 6.07) is -0.361. The van der Waals surface area contributed by atoms with Crippen molar-refractivity contribution in [3.05, 3.63) is 47.5 Å². The van der Waals surface area contributed by atoms with Gasteiger partial charge >= 0.3 is 7.12 Å². The maximum atomic E-state index is 10.6. The van der Waals surface area contributed by atoms with Crippen molar-refractivity contribution in [3.63, 3.8) is 0 Å². The minimum Gasteiger partial charge on any atom is -0.508 e. The minimum atomic E-state index is -1.27. The lowest BCUT2D eigenvalue weighted by molar-refractivity contribution is -0.116. The lowest BCUT2D eigenvalue weighted by Gasteiger charge is -2.44. The first-order chi connectivity index (χ1) is 14.2. The van der Waals surface area contributed by atoms with Crippen LogP contribution >= 0.6 is 0 Å². The number of allylic oxidation sites excluding steroid dienone is 6. The van der Waals surface area contributed by atoms with Crippen molar-refractivity contribution in [1.29, 1.82) is 0 Å². The number of nitrogens with two attached hydrogens (primary N) is 1. The van der Waals surface area contributed by atoms with Crippen LogP contribution in [0, 0.1) is 11.8 Å². The molecule has 0 aromatic heterocycles. The summed E-state index contributed by atoms with van der Waals surface area (Å²) in [4.78, 5) is 1.92. The van der Waals surface area contributed by atoms with Crippen molar-refractivity contribution >= 4 is 7.12 Å². The van der Waals surface area contributed by atoms with E-state index in [0.29, 0.717) is 32.3 Å². The van der Waals surface area contributed by atoms with Crippen LogP contribution in [0.25, 0.3) is 0 Å². The lowest BCUT2D eigenvalue weighted by Crippen LogP contribution is -2.61. The molecule has 1 saturated heterocycles. The normalized spacial score (nSPS) is 22.9. The molecule has 4 unspecified atom stereocenters. The Hall–Kier alpha value is -1.58. The second kappa shape index (κ2) is 11.7. The molecule has 0 spiro atoms. The summed E-state index contributed by atoms with van der Waals surface area (Å²) < 4.78 is 6.10.